The lowest BCUT2D eigenvalue weighted by atomic mass is 10.1. The van der Waals surface area contributed by atoms with E-state index in [-0.39, 0.29) is 6.61 Å². The number of amides is 1. The van der Waals surface area contributed by atoms with E-state index >= 15 is 0 Å². The topological polar surface area (TPSA) is 67.8 Å². The van der Waals surface area contributed by atoms with Crippen molar-refractivity contribution in [1.29, 1.82) is 0 Å². The van der Waals surface area contributed by atoms with Crippen molar-refractivity contribution in [3.63, 3.8) is 0 Å². The van der Waals surface area contributed by atoms with Crippen LogP contribution in [0.2, 0.25) is 0 Å². The number of aliphatic hydroxyl groups is 1. The van der Waals surface area contributed by atoms with Crippen LogP contribution in [0.1, 0.15) is 17.2 Å². The van der Waals surface area contributed by atoms with Gasteiger partial charge in [-0.05, 0) is 29.7 Å². The molecule has 5 nitrogen and oxygen atoms in total. The maximum Gasteiger partial charge on any atom is 0.253 e. The Morgan fingerprint density at radius 3 is 2.68 bits per heavy atom. The largest absolute Gasteiger partial charge is 0.493 e. The van der Waals surface area contributed by atoms with Gasteiger partial charge in [0.25, 0.3) is 5.91 Å². The average Bonchev–Trinajstić information content (AvgIpc) is 2.66. The van der Waals surface area contributed by atoms with E-state index < -0.39 is 12.0 Å². The van der Waals surface area contributed by atoms with Crippen LogP contribution in [0.4, 0.5) is 0 Å². The lowest BCUT2D eigenvalue weighted by Gasteiger charge is -2.13. The van der Waals surface area contributed by atoms with E-state index in [1.807, 2.05) is 18.2 Å². The third-order valence-electron chi connectivity index (χ3n) is 3.62. The van der Waals surface area contributed by atoms with Crippen LogP contribution in [0.5, 0.6) is 11.5 Å². The normalized spacial score (nSPS) is 11.2. The molecule has 0 aliphatic carbocycles. The summed E-state index contributed by atoms with van der Waals surface area (Å²) >= 11 is 0. The number of methoxy groups -OCH3 is 1. The number of hydrogen-bond donors (Lipinski definition) is 2. The first-order valence-corrected chi connectivity index (χ1v) is 7.89. The van der Waals surface area contributed by atoms with Crippen LogP contribution < -0.4 is 14.8 Å². The van der Waals surface area contributed by atoms with E-state index in [1.165, 1.54) is 0 Å². The van der Waals surface area contributed by atoms with E-state index in [4.69, 9.17) is 15.9 Å². The highest BCUT2D eigenvalue weighted by molar-refractivity contribution is 5.81. The first-order chi connectivity index (χ1) is 12.2. The van der Waals surface area contributed by atoms with E-state index in [1.54, 1.807) is 37.4 Å². The van der Waals surface area contributed by atoms with Gasteiger partial charge in [0.2, 0.25) is 0 Å². The second-order valence-electron chi connectivity index (χ2n) is 5.33. The highest BCUT2D eigenvalue weighted by atomic mass is 16.5. The van der Waals surface area contributed by atoms with Crippen LogP contribution in [0.25, 0.3) is 0 Å². The lowest BCUT2D eigenvalue weighted by Crippen LogP contribution is -2.30. The molecule has 0 fully saturated rings. The third-order valence-corrected chi connectivity index (χ3v) is 3.62. The highest BCUT2D eigenvalue weighted by Crippen LogP contribution is 2.28. The summed E-state index contributed by atoms with van der Waals surface area (Å²) in [5.74, 6) is 3.14. The van der Waals surface area contributed by atoms with E-state index in [2.05, 4.69) is 11.2 Å². The minimum Gasteiger partial charge on any atom is -0.493 e. The second-order valence-corrected chi connectivity index (χ2v) is 5.33. The molecule has 0 radical (unpaired) electrons. The van der Waals surface area contributed by atoms with Crippen LogP contribution >= 0.6 is 0 Å². The van der Waals surface area contributed by atoms with Crippen molar-refractivity contribution in [3.05, 3.63) is 59.7 Å². The Hall–Kier alpha value is -2.97. The van der Waals surface area contributed by atoms with Gasteiger partial charge < -0.3 is 19.9 Å². The lowest BCUT2D eigenvalue weighted by molar-refractivity contribution is -0.129. The second kappa shape index (κ2) is 9.36. The molecule has 0 saturated carbocycles. The maximum atomic E-state index is 12.0. The van der Waals surface area contributed by atoms with Gasteiger partial charge in [0.1, 0.15) is 6.61 Å². The Labute approximate surface area is 147 Å². The molecule has 2 rings (SSSR count). The number of benzene rings is 2. The quantitative estimate of drug-likeness (QED) is 0.723. The van der Waals surface area contributed by atoms with Gasteiger partial charge in [-0.25, -0.2) is 0 Å². The Bertz CT molecular complexity index is 737. The van der Waals surface area contributed by atoms with Crippen LogP contribution in [-0.2, 0) is 11.2 Å². The molecule has 1 amide bonds. The first-order valence-electron chi connectivity index (χ1n) is 7.89. The van der Waals surface area contributed by atoms with Gasteiger partial charge in [0.05, 0.1) is 7.11 Å². The van der Waals surface area contributed by atoms with E-state index in [0.29, 0.717) is 30.0 Å². The number of nitrogens with one attached hydrogen (secondary N) is 1. The number of hydrogen-bond acceptors (Lipinski definition) is 4. The van der Waals surface area contributed by atoms with Crippen molar-refractivity contribution in [2.75, 3.05) is 20.3 Å². The number of terminal acetylenes is 1. The third kappa shape index (κ3) is 5.27. The zero-order valence-corrected chi connectivity index (χ0v) is 14.1. The van der Waals surface area contributed by atoms with Gasteiger partial charge in [-0.3, -0.25) is 4.79 Å². The summed E-state index contributed by atoms with van der Waals surface area (Å²) in [6.07, 6.45) is 4.61. The summed E-state index contributed by atoms with van der Waals surface area (Å²) < 4.78 is 10.7. The summed E-state index contributed by atoms with van der Waals surface area (Å²) in [6, 6.07) is 14.3. The summed E-state index contributed by atoms with van der Waals surface area (Å²) in [5, 5.41) is 12.8. The van der Waals surface area contributed by atoms with Gasteiger partial charge >= 0.3 is 0 Å². The van der Waals surface area contributed by atoms with Crippen molar-refractivity contribution in [3.8, 4) is 23.8 Å². The summed E-state index contributed by atoms with van der Waals surface area (Å²) in [6.45, 7) is 0.569. The van der Waals surface area contributed by atoms with Crippen molar-refractivity contribution in [1.82, 2.24) is 5.32 Å². The number of aliphatic hydroxyl groups excluding tert-OH is 1. The number of rotatable bonds is 8. The van der Waals surface area contributed by atoms with Gasteiger partial charge in [-0.2, -0.15) is 0 Å². The summed E-state index contributed by atoms with van der Waals surface area (Å²) in [5.41, 5.74) is 1.54. The molecule has 2 aromatic carbocycles. The molecule has 5 heteroatoms. The zero-order valence-electron chi connectivity index (χ0n) is 14.1. The van der Waals surface area contributed by atoms with Crippen molar-refractivity contribution >= 4 is 5.91 Å². The van der Waals surface area contributed by atoms with Crippen LogP contribution in [0.3, 0.4) is 0 Å². The van der Waals surface area contributed by atoms with Crippen molar-refractivity contribution in [2.45, 2.75) is 12.5 Å². The smallest absolute Gasteiger partial charge is 0.253 e. The number of ether oxygens (including phenoxy) is 2. The van der Waals surface area contributed by atoms with Gasteiger partial charge in [-0.15, -0.1) is 6.42 Å². The molecule has 25 heavy (non-hydrogen) atoms. The van der Waals surface area contributed by atoms with Gasteiger partial charge in [0.15, 0.2) is 17.6 Å². The van der Waals surface area contributed by atoms with E-state index in [9.17, 15) is 9.90 Å². The fourth-order valence-corrected chi connectivity index (χ4v) is 2.32. The SMILES string of the molecule is C#CCOc1ccc(CCNC(=O)C(O)c2ccccc2)cc1OC. The molecule has 0 spiro atoms. The Kier molecular flexibility index (Phi) is 6.87. The molecule has 0 saturated heterocycles. The molecule has 0 aromatic heterocycles. The zero-order chi connectivity index (χ0) is 18.1. The Morgan fingerprint density at radius 2 is 2.00 bits per heavy atom. The molecule has 0 heterocycles. The van der Waals surface area contributed by atoms with Crippen LogP contribution in [0, 0.1) is 12.3 Å². The minimum absolute atomic E-state index is 0.170. The van der Waals surface area contributed by atoms with Crippen molar-refractivity contribution in [2.24, 2.45) is 0 Å². The minimum atomic E-state index is -1.17. The maximum absolute atomic E-state index is 12.0. The fourth-order valence-electron chi connectivity index (χ4n) is 2.32. The highest BCUT2D eigenvalue weighted by Gasteiger charge is 2.16. The fraction of sp³-hybridized carbons (Fsp3) is 0.250. The molecule has 1 unspecified atom stereocenters. The molecule has 0 bridgehead atoms. The monoisotopic (exact) mass is 339 g/mol. The summed E-state index contributed by atoms with van der Waals surface area (Å²) in [7, 11) is 1.56. The molecule has 130 valence electrons. The molecule has 0 aliphatic rings. The van der Waals surface area contributed by atoms with Crippen molar-refractivity contribution < 1.29 is 19.4 Å². The standard InChI is InChI=1S/C20H21NO4/c1-3-13-25-17-10-9-15(14-18(17)24-2)11-12-21-20(23)19(22)16-7-5-4-6-8-16/h1,4-10,14,19,22H,11-13H2,2H3,(H,21,23). The molecular formula is C20H21NO4. The van der Waals surface area contributed by atoms with Crippen LogP contribution in [-0.4, -0.2) is 31.3 Å². The van der Waals surface area contributed by atoms with E-state index in [0.717, 1.165) is 5.56 Å². The van der Waals surface area contributed by atoms with Crippen LogP contribution in [0.15, 0.2) is 48.5 Å². The molecule has 2 aromatic rings. The summed E-state index contributed by atoms with van der Waals surface area (Å²) in [4.78, 5) is 12.0. The Balaban J connectivity index is 1.89. The molecular weight excluding hydrogens is 318 g/mol. The number of carbonyl (C=O) groups is 1. The molecule has 0 aliphatic heterocycles. The number of carbonyl (C=O) groups excluding carboxylic acids is 1. The Morgan fingerprint density at radius 1 is 1.24 bits per heavy atom. The predicted molar refractivity (Wildman–Crippen MR) is 95.4 cm³/mol. The first kappa shape index (κ1) is 18.4. The molecule has 1 atom stereocenters. The van der Waals surface area contributed by atoms with Gasteiger partial charge in [0, 0.05) is 6.54 Å². The predicted octanol–water partition coefficient (Wildman–Crippen LogP) is 2.10. The average molecular weight is 339 g/mol. The van der Waals surface area contributed by atoms with Gasteiger partial charge in [-0.1, -0.05) is 42.3 Å². The molecule has 2 N–H and O–H groups in total.